The zero-order valence-electron chi connectivity index (χ0n) is 11.4. The quantitative estimate of drug-likeness (QED) is 0.940. The summed E-state index contributed by atoms with van der Waals surface area (Å²) in [6, 6.07) is 10.2. The molecule has 1 fully saturated rings. The maximum absolute atomic E-state index is 10.3. The minimum atomic E-state index is -0.298. The molecule has 1 aliphatic heterocycles. The Kier molecular flexibility index (Phi) is 4.45. The summed E-state index contributed by atoms with van der Waals surface area (Å²) in [5, 5.41) is 13.4. The average molecular weight is 289 g/mol. The Bertz CT molecular complexity index is 534. The van der Waals surface area contributed by atoms with Gasteiger partial charge in [-0.2, -0.15) is 0 Å². The van der Waals surface area contributed by atoms with E-state index < -0.39 is 0 Å². The van der Waals surface area contributed by atoms with Gasteiger partial charge in [-0.3, -0.25) is 0 Å². The lowest BCUT2D eigenvalue weighted by Crippen LogP contribution is -2.28. The lowest BCUT2D eigenvalue weighted by atomic mass is 9.92. The monoisotopic (exact) mass is 289 g/mol. The molecule has 3 rings (SSSR count). The Labute approximate surface area is 123 Å². The highest BCUT2D eigenvalue weighted by molar-refractivity contribution is 7.09. The van der Waals surface area contributed by atoms with E-state index in [9.17, 15) is 5.11 Å². The summed E-state index contributed by atoms with van der Waals surface area (Å²) in [7, 11) is 0. The Hall–Kier alpha value is -1.23. The van der Waals surface area contributed by atoms with Crippen LogP contribution in [0.4, 0.5) is 0 Å². The van der Waals surface area contributed by atoms with E-state index in [1.807, 2.05) is 18.2 Å². The predicted octanol–water partition coefficient (Wildman–Crippen LogP) is 3.14. The number of hydrogen-bond donors (Lipinski definition) is 1. The first kappa shape index (κ1) is 13.7. The number of hydrogen-bond acceptors (Lipinski definition) is 4. The molecule has 4 heteroatoms. The molecule has 1 N–H and O–H groups in total. The molecule has 1 aromatic heterocycles. The Morgan fingerprint density at radius 3 is 2.75 bits per heavy atom. The van der Waals surface area contributed by atoms with E-state index in [1.165, 1.54) is 0 Å². The summed E-state index contributed by atoms with van der Waals surface area (Å²) >= 11 is 1.63. The van der Waals surface area contributed by atoms with Gasteiger partial charge in [0, 0.05) is 30.6 Å². The van der Waals surface area contributed by atoms with Crippen LogP contribution in [0.1, 0.15) is 17.8 Å². The van der Waals surface area contributed by atoms with Crippen molar-refractivity contribution in [3.05, 3.63) is 40.7 Å². The lowest BCUT2D eigenvalue weighted by molar-refractivity contribution is 0.00839. The molecule has 1 saturated heterocycles. The Balaban J connectivity index is 1.65. The zero-order valence-corrected chi connectivity index (χ0v) is 12.2. The summed E-state index contributed by atoms with van der Waals surface area (Å²) in [4.78, 5) is 4.64. The van der Waals surface area contributed by atoms with Crippen LogP contribution in [0.3, 0.4) is 0 Å². The molecule has 20 heavy (non-hydrogen) atoms. The third-order valence-electron chi connectivity index (χ3n) is 3.82. The highest BCUT2D eigenvalue weighted by Gasteiger charge is 2.23. The van der Waals surface area contributed by atoms with Gasteiger partial charge in [0.15, 0.2) is 0 Å². The van der Waals surface area contributed by atoms with Crippen LogP contribution in [0.25, 0.3) is 11.3 Å². The van der Waals surface area contributed by atoms with Crippen molar-refractivity contribution in [1.29, 1.82) is 0 Å². The standard InChI is InChI=1S/C16H19NO2S/c18-15(13-6-8-19-9-7-13)10-16-17-14(11-20-16)12-4-2-1-3-5-12/h1-5,11,13,15,18H,6-10H2. The summed E-state index contributed by atoms with van der Waals surface area (Å²) < 4.78 is 5.34. The van der Waals surface area contributed by atoms with Crippen LogP contribution >= 0.6 is 11.3 Å². The molecule has 0 saturated carbocycles. The maximum atomic E-state index is 10.3. The van der Waals surface area contributed by atoms with Gasteiger partial charge in [-0.05, 0) is 18.8 Å². The van der Waals surface area contributed by atoms with E-state index in [0.717, 1.165) is 42.3 Å². The smallest absolute Gasteiger partial charge is 0.0958 e. The zero-order chi connectivity index (χ0) is 13.8. The molecule has 1 atom stereocenters. The molecule has 1 unspecified atom stereocenters. The highest BCUT2D eigenvalue weighted by atomic mass is 32.1. The third-order valence-corrected chi connectivity index (χ3v) is 4.69. The normalized spacial score (nSPS) is 18.1. The molecule has 0 amide bonds. The highest BCUT2D eigenvalue weighted by Crippen LogP contribution is 2.25. The van der Waals surface area contributed by atoms with Gasteiger partial charge in [0.25, 0.3) is 0 Å². The summed E-state index contributed by atoms with van der Waals surface area (Å²) in [5.41, 5.74) is 2.14. The molecule has 3 nitrogen and oxygen atoms in total. The van der Waals surface area contributed by atoms with Crippen molar-refractivity contribution in [3.8, 4) is 11.3 Å². The van der Waals surface area contributed by atoms with Crippen molar-refractivity contribution in [2.45, 2.75) is 25.4 Å². The van der Waals surface area contributed by atoms with Gasteiger partial charge in [-0.15, -0.1) is 11.3 Å². The first-order valence-corrected chi connectivity index (χ1v) is 7.96. The fourth-order valence-corrected chi connectivity index (χ4v) is 3.45. The van der Waals surface area contributed by atoms with E-state index in [1.54, 1.807) is 11.3 Å². The Morgan fingerprint density at radius 2 is 2.00 bits per heavy atom. The van der Waals surface area contributed by atoms with Crippen LogP contribution < -0.4 is 0 Å². The van der Waals surface area contributed by atoms with Crippen LogP contribution in [-0.2, 0) is 11.2 Å². The number of aromatic nitrogens is 1. The number of thiazole rings is 1. The molecule has 0 spiro atoms. The van der Waals surface area contributed by atoms with Crippen molar-refractivity contribution in [2.75, 3.05) is 13.2 Å². The van der Waals surface area contributed by atoms with Crippen molar-refractivity contribution in [3.63, 3.8) is 0 Å². The lowest BCUT2D eigenvalue weighted by Gasteiger charge is -2.26. The van der Waals surface area contributed by atoms with Crippen molar-refractivity contribution in [2.24, 2.45) is 5.92 Å². The second-order valence-corrected chi connectivity index (χ2v) is 6.16. The van der Waals surface area contributed by atoms with Gasteiger partial charge in [-0.1, -0.05) is 30.3 Å². The number of aliphatic hydroxyl groups is 1. The van der Waals surface area contributed by atoms with E-state index in [0.29, 0.717) is 12.3 Å². The first-order chi connectivity index (χ1) is 9.83. The van der Waals surface area contributed by atoms with Gasteiger partial charge in [0.05, 0.1) is 16.8 Å². The third kappa shape index (κ3) is 3.26. The molecular formula is C16H19NO2S. The van der Waals surface area contributed by atoms with Crippen molar-refractivity contribution in [1.82, 2.24) is 4.98 Å². The summed E-state index contributed by atoms with van der Waals surface area (Å²) in [6.07, 6.45) is 2.27. The molecule has 2 aromatic rings. The van der Waals surface area contributed by atoms with Gasteiger partial charge in [0.1, 0.15) is 0 Å². The molecule has 2 heterocycles. The topological polar surface area (TPSA) is 42.4 Å². The van der Waals surface area contributed by atoms with Gasteiger partial charge >= 0.3 is 0 Å². The van der Waals surface area contributed by atoms with E-state index >= 15 is 0 Å². The molecule has 106 valence electrons. The number of benzene rings is 1. The molecule has 1 aliphatic rings. The van der Waals surface area contributed by atoms with Gasteiger partial charge in [0.2, 0.25) is 0 Å². The SMILES string of the molecule is OC(Cc1nc(-c2ccccc2)cs1)C1CCOCC1. The van der Waals surface area contributed by atoms with Crippen molar-refractivity contribution < 1.29 is 9.84 Å². The number of ether oxygens (including phenoxy) is 1. The molecule has 0 radical (unpaired) electrons. The fourth-order valence-electron chi connectivity index (χ4n) is 2.59. The van der Waals surface area contributed by atoms with Crippen molar-refractivity contribution >= 4 is 11.3 Å². The van der Waals surface area contributed by atoms with Crippen LogP contribution in [0.5, 0.6) is 0 Å². The second kappa shape index (κ2) is 6.48. The van der Waals surface area contributed by atoms with E-state index in [4.69, 9.17) is 4.74 Å². The maximum Gasteiger partial charge on any atom is 0.0958 e. The molecule has 0 aliphatic carbocycles. The fraction of sp³-hybridized carbons (Fsp3) is 0.438. The average Bonchev–Trinajstić information content (AvgIpc) is 2.97. The first-order valence-electron chi connectivity index (χ1n) is 7.08. The van der Waals surface area contributed by atoms with Crippen LogP contribution in [0.2, 0.25) is 0 Å². The van der Waals surface area contributed by atoms with Crippen LogP contribution in [0.15, 0.2) is 35.7 Å². The minimum absolute atomic E-state index is 0.298. The molecular weight excluding hydrogens is 270 g/mol. The summed E-state index contributed by atoms with van der Waals surface area (Å²) in [5.74, 6) is 0.354. The predicted molar refractivity (Wildman–Crippen MR) is 80.8 cm³/mol. The number of rotatable bonds is 4. The Morgan fingerprint density at radius 1 is 1.25 bits per heavy atom. The van der Waals surface area contributed by atoms with E-state index in [2.05, 4.69) is 22.5 Å². The molecule has 1 aromatic carbocycles. The number of aliphatic hydroxyl groups excluding tert-OH is 1. The molecule has 0 bridgehead atoms. The van der Waals surface area contributed by atoms with Gasteiger partial charge < -0.3 is 9.84 Å². The number of nitrogens with zero attached hydrogens (tertiary/aromatic N) is 1. The van der Waals surface area contributed by atoms with Crippen LogP contribution in [-0.4, -0.2) is 29.4 Å². The van der Waals surface area contributed by atoms with E-state index in [-0.39, 0.29) is 6.10 Å². The summed E-state index contributed by atoms with van der Waals surface area (Å²) in [6.45, 7) is 1.55. The van der Waals surface area contributed by atoms with Gasteiger partial charge in [-0.25, -0.2) is 4.98 Å². The largest absolute Gasteiger partial charge is 0.392 e. The second-order valence-electron chi connectivity index (χ2n) is 5.21. The minimum Gasteiger partial charge on any atom is -0.392 e. The van der Waals surface area contributed by atoms with Crippen LogP contribution in [0, 0.1) is 5.92 Å².